The van der Waals surface area contributed by atoms with Crippen molar-refractivity contribution in [3.05, 3.63) is 70.5 Å². The number of aliphatic imine (C=N–C) groups is 1. The number of amides is 1. The van der Waals surface area contributed by atoms with Crippen LogP contribution in [0.25, 0.3) is 0 Å². The van der Waals surface area contributed by atoms with Gasteiger partial charge in [-0.15, -0.1) is 5.10 Å². The number of alkyl halides is 1. The molecule has 1 fully saturated rings. The average molecular weight is 504 g/mol. The van der Waals surface area contributed by atoms with E-state index >= 15 is 4.39 Å². The Hall–Kier alpha value is -3.05. The predicted molar refractivity (Wildman–Crippen MR) is 126 cm³/mol. The largest absolute Gasteiger partial charge is 0.378 e. The van der Waals surface area contributed by atoms with Crippen molar-refractivity contribution >= 4 is 40.1 Å². The van der Waals surface area contributed by atoms with E-state index in [1.165, 1.54) is 42.2 Å². The van der Waals surface area contributed by atoms with E-state index in [1.807, 2.05) is 6.92 Å². The molecule has 0 unspecified atom stereocenters. The minimum absolute atomic E-state index is 0.0438. The summed E-state index contributed by atoms with van der Waals surface area (Å²) in [7, 11) is 0. The number of hydrogen-bond acceptors (Lipinski definition) is 7. The molecule has 0 spiro atoms. The SMILES string of the molecule is Cc1cnnn1C[C@]12C[C@H]1[C@@](CF)(c1cc(NC(=O)c3ccc(Cl)cn3)ccc1F)N=C(N)S2. The smallest absolute Gasteiger partial charge is 0.274 e. The molecule has 2 aliphatic rings. The van der Waals surface area contributed by atoms with E-state index in [-0.39, 0.29) is 28.0 Å². The normalized spacial score (nSPS) is 25.4. The van der Waals surface area contributed by atoms with E-state index in [0.717, 1.165) is 5.69 Å². The summed E-state index contributed by atoms with van der Waals surface area (Å²) < 4.78 is 31.2. The van der Waals surface area contributed by atoms with E-state index in [0.29, 0.717) is 18.0 Å². The molecule has 0 bridgehead atoms. The molecule has 3 aromatic rings. The Balaban J connectivity index is 1.48. The Labute approximate surface area is 203 Å². The van der Waals surface area contributed by atoms with E-state index in [2.05, 4.69) is 25.6 Å². The summed E-state index contributed by atoms with van der Waals surface area (Å²) in [6, 6.07) is 7.02. The molecule has 3 N–H and O–H groups in total. The first-order chi connectivity index (χ1) is 16.3. The third kappa shape index (κ3) is 3.82. The highest BCUT2D eigenvalue weighted by atomic mass is 35.5. The van der Waals surface area contributed by atoms with Crippen LogP contribution in [0.3, 0.4) is 0 Å². The van der Waals surface area contributed by atoms with Crippen LogP contribution in [0.4, 0.5) is 14.5 Å². The van der Waals surface area contributed by atoms with Crippen LogP contribution < -0.4 is 11.1 Å². The maximum absolute atomic E-state index is 15.1. The van der Waals surface area contributed by atoms with Gasteiger partial charge in [0.15, 0.2) is 5.17 Å². The molecular weight excluding hydrogens is 484 g/mol. The van der Waals surface area contributed by atoms with E-state index in [9.17, 15) is 9.18 Å². The van der Waals surface area contributed by atoms with Crippen LogP contribution in [-0.2, 0) is 12.1 Å². The van der Waals surface area contributed by atoms with Crippen LogP contribution >= 0.6 is 23.4 Å². The van der Waals surface area contributed by atoms with Gasteiger partial charge >= 0.3 is 0 Å². The Kier molecular flexibility index (Phi) is 5.56. The number of pyridine rings is 1. The van der Waals surface area contributed by atoms with Crippen molar-refractivity contribution in [2.45, 2.75) is 30.2 Å². The summed E-state index contributed by atoms with van der Waals surface area (Å²) in [6.07, 6.45) is 3.57. The van der Waals surface area contributed by atoms with Gasteiger partial charge in [-0.1, -0.05) is 28.6 Å². The van der Waals surface area contributed by atoms with E-state index < -0.39 is 28.7 Å². The maximum Gasteiger partial charge on any atom is 0.274 e. The fraction of sp³-hybridized carbons (Fsp3) is 0.318. The predicted octanol–water partition coefficient (Wildman–Crippen LogP) is 3.71. The summed E-state index contributed by atoms with van der Waals surface area (Å²) in [5.74, 6) is -1.45. The number of thioether (sulfide) groups is 1. The molecular formula is C22H20ClF2N7OS. The van der Waals surface area contributed by atoms with Crippen LogP contribution in [0, 0.1) is 18.7 Å². The first-order valence-corrected chi connectivity index (χ1v) is 11.6. The lowest BCUT2D eigenvalue weighted by atomic mass is 9.84. The number of anilines is 1. The topological polar surface area (TPSA) is 111 Å². The number of nitrogens with two attached hydrogens (primary N) is 1. The molecule has 5 rings (SSSR count). The molecule has 0 saturated heterocycles. The summed E-state index contributed by atoms with van der Waals surface area (Å²) in [5.41, 5.74) is 5.96. The summed E-state index contributed by atoms with van der Waals surface area (Å²) in [6.45, 7) is 1.39. The molecule has 1 aromatic carbocycles. The van der Waals surface area contributed by atoms with Gasteiger partial charge in [-0.05, 0) is 43.7 Å². The number of fused-ring (bicyclic) bond motifs is 1. The van der Waals surface area contributed by atoms with Crippen LogP contribution in [-0.4, -0.2) is 42.5 Å². The lowest BCUT2D eigenvalue weighted by Crippen LogP contribution is -2.41. The highest BCUT2D eigenvalue weighted by Gasteiger charge is 2.68. The molecule has 12 heteroatoms. The van der Waals surface area contributed by atoms with Crippen LogP contribution in [0.1, 0.15) is 28.2 Å². The highest BCUT2D eigenvalue weighted by Crippen LogP contribution is 2.66. The average Bonchev–Trinajstić information content (AvgIpc) is 3.40. The number of aromatic nitrogens is 4. The number of carbonyl (C=O) groups is 1. The van der Waals surface area contributed by atoms with Crippen molar-refractivity contribution in [3.63, 3.8) is 0 Å². The third-order valence-electron chi connectivity index (χ3n) is 6.30. The fourth-order valence-corrected chi connectivity index (χ4v) is 6.03. The number of hydrogen-bond donors (Lipinski definition) is 2. The number of rotatable bonds is 6. The molecule has 1 amide bonds. The molecule has 34 heavy (non-hydrogen) atoms. The van der Waals surface area contributed by atoms with Crippen LogP contribution in [0.2, 0.25) is 5.02 Å². The zero-order valence-electron chi connectivity index (χ0n) is 18.0. The zero-order valence-corrected chi connectivity index (χ0v) is 19.6. The van der Waals surface area contributed by atoms with Crippen LogP contribution in [0.5, 0.6) is 0 Å². The summed E-state index contributed by atoms with van der Waals surface area (Å²) >= 11 is 7.18. The summed E-state index contributed by atoms with van der Waals surface area (Å²) in [4.78, 5) is 21.0. The van der Waals surface area contributed by atoms with E-state index in [4.69, 9.17) is 17.3 Å². The highest BCUT2D eigenvalue weighted by molar-refractivity contribution is 8.15. The number of benzene rings is 1. The van der Waals surface area contributed by atoms with Gasteiger partial charge < -0.3 is 11.1 Å². The van der Waals surface area contributed by atoms with Gasteiger partial charge in [-0.3, -0.25) is 4.79 Å². The zero-order chi connectivity index (χ0) is 24.1. The minimum atomic E-state index is -1.51. The molecule has 2 aromatic heterocycles. The van der Waals surface area contributed by atoms with Gasteiger partial charge in [-0.2, -0.15) is 0 Å². The lowest BCUT2D eigenvalue weighted by Gasteiger charge is -2.35. The monoisotopic (exact) mass is 503 g/mol. The lowest BCUT2D eigenvalue weighted by molar-refractivity contribution is 0.102. The second-order valence-electron chi connectivity index (χ2n) is 8.47. The number of carbonyl (C=O) groups excluding carboxylic acids is 1. The number of aryl methyl sites for hydroxylation is 1. The van der Waals surface area contributed by atoms with Crippen LogP contribution in [0.15, 0.2) is 47.7 Å². The van der Waals surface area contributed by atoms with Crippen molar-refractivity contribution in [2.24, 2.45) is 16.6 Å². The maximum atomic E-state index is 15.1. The third-order valence-corrected chi connectivity index (χ3v) is 7.81. The Morgan fingerprint density at radius 2 is 2.18 bits per heavy atom. The van der Waals surface area contributed by atoms with Crippen molar-refractivity contribution < 1.29 is 13.6 Å². The van der Waals surface area contributed by atoms with Crippen molar-refractivity contribution in [1.82, 2.24) is 20.0 Å². The number of halogens is 3. The summed E-state index contributed by atoms with van der Waals surface area (Å²) in [5, 5.41) is 11.3. The van der Waals surface area contributed by atoms with Crippen molar-refractivity contribution in [1.29, 1.82) is 0 Å². The fourth-order valence-electron chi connectivity index (χ4n) is 4.52. The van der Waals surface area contributed by atoms with Gasteiger partial charge in [0.1, 0.15) is 23.7 Å². The Morgan fingerprint density at radius 3 is 2.85 bits per heavy atom. The Bertz CT molecular complexity index is 1300. The molecule has 1 aliphatic carbocycles. The quantitative estimate of drug-likeness (QED) is 0.530. The molecule has 3 heterocycles. The van der Waals surface area contributed by atoms with Gasteiger partial charge in [0, 0.05) is 28.1 Å². The molecule has 176 valence electrons. The number of nitrogens with zero attached hydrogens (tertiary/aromatic N) is 5. The second kappa shape index (κ2) is 8.31. The minimum Gasteiger partial charge on any atom is -0.378 e. The van der Waals surface area contributed by atoms with Gasteiger partial charge in [0.05, 0.1) is 23.5 Å². The molecule has 1 aliphatic heterocycles. The molecule has 3 atom stereocenters. The van der Waals surface area contributed by atoms with Gasteiger partial charge in [0.2, 0.25) is 0 Å². The van der Waals surface area contributed by atoms with E-state index in [1.54, 1.807) is 16.9 Å². The molecule has 0 radical (unpaired) electrons. The molecule has 1 saturated carbocycles. The number of nitrogens with one attached hydrogen (secondary N) is 1. The Morgan fingerprint density at radius 1 is 1.35 bits per heavy atom. The van der Waals surface area contributed by atoms with Gasteiger partial charge in [-0.25, -0.2) is 23.4 Å². The first-order valence-electron chi connectivity index (χ1n) is 10.4. The van der Waals surface area contributed by atoms with Crippen molar-refractivity contribution in [2.75, 3.05) is 12.0 Å². The second-order valence-corrected chi connectivity index (χ2v) is 10.3. The van der Waals surface area contributed by atoms with Gasteiger partial charge in [0.25, 0.3) is 5.91 Å². The van der Waals surface area contributed by atoms with Crippen molar-refractivity contribution in [3.8, 4) is 0 Å². The molecule has 8 nitrogen and oxygen atoms in total. The first kappa shape index (κ1) is 22.7. The number of amidine groups is 1. The standard InChI is InChI=1S/C22H20ClF2N7OS/c1-12-8-28-31-32(12)11-21-7-18(21)22(10-24,30-20(26)34-21)15-6-14(3-4-16(15)25)29-19(33)17-5-2-13(23)9-27-17/h2-6,8-9,18H,7,10-11H2,1H3,(H2,26,30)(H,29,33)/t18-,21-,22-/m1/s1.